The van der Waals surface area contributed by atoms with E-state index in [0.717, 1.165) is 56.5 Å². The van der Waals surface area contributed by atoms with Crippen molar-refractivity contribution in [1.29, 1.82) is 0 Å². The summed E-state index contributed by atoms with van der Waals surface area (Å²) >= 11 is 1.20. The molecule has 0 saturated carbocycles. The van der Waals surface area contributed by atoms with Crippen molar-refractivity contribution in [3.05, 3.63) is 11.8 Å². The third kappa shape index (κ3) is 15.9. The Bertz CT molecular complexity index is 865. The molecule has 0 N–H and O–H groups in total. The first kappa shape index (κ1) is 37.8. The van der Waals surface area contributed by atoms with Gasteiger partial charge in [0.1, 0.15) is 12.2 Å². The molecule has 2 unspecified atom stereocenters. The fourth-order valence-corrected chi connectivity index (χ4v) is 5.90. The zero-order chi connectivity index (χ0) is 30.9. The number of ether oxygens (including phenoxy) is 3. The molecule has 242 valence electrons. The van der Waals surface area contributed by atoms with E-state index >= 15 is 0 Å². The molecule has 2 atom stereocenters. The maximum absolute atomic E-state index is 12.5. The summed E-state index contributed by atoms with van der Waals surface area (Å²) in [5.74, 6) is 0.636. The quantitative estimate of drug-likeness (QED) is 0.0581. The Labute approximate surface area is 258 Å². The number of likely N-dealkylation sites (N-methyl/N-ethyl adjacent to an activating group) is 1. The molecule has 1 aliphatic rings. The number of nitrogens with zero attached hydrogens (tertiary/aromatic N) is 3. The Morgan fingerprint density at radius 2 is 1.48 bits per heavy atom. The number of aromatic nitrogens is 2. The number of quaternary nitrogens is 1. The highest BCUT2D eigenvalue weighted by Crippen LogP contribution is 2.32. The zero-order valence-corrected chi connectivity index (χ0v) is 27.6. The van der Waals surface area contributed by atoms with Crippen LogP contribution in [-0.2, 0) is 14.3 Å². The van der Waals surface area contributed by atoms with Gasteiger partial charge in [0.05, 0.1) is 38.5 Å². The van der Waals surface area contributed by atoms with Crippen molar-refractivity contribution in [2.24, 2.45) is 0 Å². The lowest BCUT2D eigenvalue weighted by Crippen LogP contribution is -2.56. The van der Waals surface area contributed by atoms with E-state index in [0.29, 0.717) is 23.6 Å². The molecule has 0 fully saturated rings. The second-order valence-electron chi connectivity index (χ2n) is 11.4. The lowest BCUT2D eigenvalue weighted by atomic mass is 10.0. The molecule has 0 amide bonds. The first-order valence-corrected chi connectivity index (χ1v) is 17.1. The van der Waals surface area contributed by atoms with E-state index in [4.69, 9.17) is 24.1 Å². The van der Waals surface area contributed by atoms with Gasteiger partial charge < -0.3 is 24.1 Å². The minimum absolute atomic E-state index is 0.261. The average molecular weight is 612 g/mol. The molecule has 0 saturated heterocycles. The molecule has 0 spiro atoms. The number of carboxylic acid groups (broad SMARTS) is 1. The van der Waals surface area contributed by atoms with Crippen LogP contribution in [0.1, 0.15) is 136 Å². The summed E-state index contributed by atoms with van der Waals surface area (Å²) in [5, 5.41) is 8.25. The van der Waals surface area contributed by atoms with Gasteiger partial charge in [-0.15, -0.1) is 4.37 Å². The molecule has 2 rings (SSSR count). The van der Waals surface area contributed by atoms with Crippen LogP contribution in [-0.4, -0.2) is 65.4 Å². The maximum atomic E-state index is 12.5. The molecule has 1 aromatic rings. The molecule has 0 aromatic carbocycles. The summed E-state index contributed by atoms with van der Waals surface area (Å²) < 4.78 is 26.9. The number of carbonyl (C=O) groups excluding carboxylic acids is 2. The summed E-state index contributed by atoms with van der Waals surface area (Å²) in [7, 11) is 2.16. The molecular formula is C32H57N3O6S. The summed E-state index contributed by atoms with van der Waals surface area (Å²) in [4.78, 5) is 20.8. The van der Waals surface area contributed by atoms with Gasteiger partial charge in [0.15, 0.2) is 0 Å². The van der Waals surface area contributed by atoms with Crippen molar-refractivity contribution >= 4 is 29.9 Å². The molecular weight excluding hydrogens is 554 g/mol. The first-order chi connectivity index (χ1) is 20.4. The average Bonchev–Trinajstić information content (AvgIpc) is 3.45. The minimum atomic E-state index is -0.546. The fraction of sp³-hybridized carbons (Fsp3) is 0.812. The number of hydrogen-bond donors (Lipinski definition) is 0. The number of unbranched alkanes of at least 4 members (excludes halogenated alkanes) is 13. The monoisotopic (exact) mass is 611 g/mol. The highest BCUT2D eigenvalue weighted by Gasteiger charge is 2.38. The summed E-state index contributed by atoms with van der Waals surface area (Å²) in [5.41, 5.74) is 1.96. The molecule has 0 aliphatic carbocycles. The van der Waals surface area contributed by atoms with Crippen LogP contribution < -0.4 is 9.84 Å². The highest BCUT2D eigenvalue weighted by molar-refractivity contribution is 6.99. The van der Waals surface area contributed by atoms with E-state index in [-0.39, 0.29) is 6.23 Å². The Hall–Kier alpha value is -2.20. The lowest BCUT2D eigenvalue weighted by molar-refractivity contribution is -0.947. The zero-order valence-electron chi connectivity index (χ0n) is 26.8. The molecule has 0 radical (unpaired) electrons. The summed E-state index contributed by atoms with van der Waals surface area (Å²) in [6.07, 6.45) is 21.7. The molecule has 42 heavy (non-hydrogen) atoms. The Morgan fingerprint density at radius 3 is 2.07 bits per heavy atom. The van der Waals surface area contributed by atoms with Crippen molar-refractivity contribution in [1.82, 2.24) is 8.75 Å². The Morgan fingerprint density at radius 1 is 0.929 bits per heavy atom. The second kappa shape index (κ2) is 24.3. The Kier molecular flexibility index (Phi) is 21.9. The number of carbonyl (C=O) groups is 2. The van der Waals surface area contributed by atoms with Crippen LogP contribution in [0.5, 0.6) is 5.88 Å². The van der Waals surface area contributed by atoms with E-state index in [1.807, 2.05) is 0 Å². The standard InChI is InChI=1S/C31H56N3O4S.CH2O2/c1-5-8-10-12-13-14-15-16-17-18-20-25-37-31(35)38-28(7-3)34(4)23-21-22-27(26-34)29-30(33-39-32-29)36-24-19-11-9-6-2;2-1-3/h22,28H,5-21,23-26H2,1-4H3;1H,(H,2,3)/q+1;/p-1. The van der Waals surface area contributed by atoms with Crippen LogP contribution in [0, 0.1) is 0 Å². The van der Waals surface area contributed by atoms with E-state index in [1.165, 1.54) is 88.8 Å². The van der Waals surface area contributed by atoms with E-state index in [1.54, 1.807) is 0 Å². The van der Waals surface area contributed by atoms with E-state index in [2.05, 4.69) is 42.6 Å². The van der Waals surface area contributed by atoms with Crippen molar-refractivity contribution in [3.8, 4) is 5.88 Å². The van der Waals surface area contributed by atoms with Gasteiger partial charge >= 0.3 is 6.16 Å². The second-order valence-corrected chi connectivity index (χ2v) is 11.9. The molecule has 0 bridgehead atoms. The van der Waals surface area contributed by atoms with Crippen molar-refractivity contribution < 1.29 is 33.4 Å². The van der Waals surface area contributed by atoms with Gasteiger partial charge in [-0.3, -0.25) is 4.48 Å². The van der Waals surface area contributed by atoms with Crippen LogP contribution in [0.15, 0.2) is 6.08 Å². The normalized spacial score (nSPS) is 17.0. The molecule has 1 aliphatic heterocycles. The largest absolute Gasteiger partial charge is 0.554 e. The van der Waals surface area contributed by atoms with Crippen molar-refractivity contribution in [3.63, 3.8) is 0 Å². The topological polar surface area (TPSA) is 111 Å². The summed E-state index contributed by atoms with van der Waals surface area (Å²) in [6, 6.07) is 0. The van der Waals surface area contributed by atoms with Crippen molar-refractivity contribution in [2.45, 2.75) is 136 Å². The molecule has 2 heterocycles. The molecule has 9 nitrogen and oxygen atoms in total. The predicted octanol–water partition coefficient (Wildman–Crippen LogP) is 7.30. The van der Waals surface area contributed by atoms with Gasteiger partial charge in [0.25, 0.3) is 5.88 Å². The van der Waals surface area contributed by atoms with Crippen LogP contribution >= 0.6 is 11.7 Å². The SMILES string of the molecule is CCCCCCCCCCCCCOC(=O)OC(CC)[N+]1(C)CCC=C(c2nsnc2OCCCCCC)C1.O=C[O-]. The highest BCUT2D eigenvalue weighted by atomic mass is 32.1. The fourth-order valence-electron chi connectivity index (χ4n) is 5.37. The predicted molar refractivity (Wildman–Crippen MR) is 167 cm³/mol. The lowest BCUT2D eigenvalue weighted by Gasteiger charge is -2.42. The molecule has 1 aromatic heterocycles. The van der Waals surface area contributed by atoms with Crippen molar-refractivity contribution in [2.75, 3.05) is 33.4 Å². The summed E-state index contributed by atoms with van der Waals surface area (Å²) in [6.45, 7) is 8.77. The van der Waals surface area contributed by atoms with E-state index in [9.17, 15) is 4.79 Å². The van der Waals surface area contributed by atoms with Crippen LogP contribution in [0.3, 0.4) is 0 Å². The van der Waals surface area contributed by atoms with Crippen LogP contribution in [0.2, 0.25) is 0 Å². The van der Waals surface area contributed by atoms with Crippen LogP contribution in [0.25, 0.3) is 5.57 Å². The van der Waals surface area contributed by atoms with Crippen LogP contribution in [0.4, 0.5) is 4.79 Å². The molecule has 10 heteroatoms. The third-order valence-electron chi connectivity index (χ3n) is 7.81. The first-order valence-electron chi connectivity index (χ1n) is 16.3. The van der Waals surface area contributed by atoms with Gasteiger partial charge in [-0.1, -0.05) is 110 Å². The minimum Gasteiger partial charge on any atom is -0.554 e. The maximum Gasteiger partial charge on any atom is 0.512 e. The number of hydrogen-bond acceptors (Lipinski definition) is 9. The Balaban J connectivity index is 0.00000281. The van der Waals surface area contributed by atoms with Gasteiger partial charge in [-0.25, -0.2) is 4.79 Å². The van der Waals surface area contributed by atoms with Gasteiger partial charge in [0, 0.05) is 24.9 Å². The van der Waals surface area contributed by atoms with E-state index < -0.39 is 12.6 Å². The smallest absolute Gasteiger partial charge is 0.512 e. The van der Waals surface area contributed by atoms with Gasteiger partial charge in [-0.05, 0) is 12.8 Å². The third-order valence-corrected chi connectivity index (χ3v) is 8.32. The van der Waals surface area contributed by atoms with Gasteiger partial charge in [-0.2, -0.15) is 4.37 Å². The van der Waals surface area contributed by atoms with Gasteiger partial charge in [0.2, 0.25) is 6.23 Å². The number of rotatable bonds is 22.